The second kappa shape index (κ2) is 9.57. The fraction of sp³-hybridized carbons (Fsp3) is 0.500. The Morgan fingerprint density at radius 2 is 2.00 bits per heavy atom. The SMILES string of the molecule is CCCCN(CCO)C(=O)Nc1ccc(SC(F)F)cc1. The molecule has 0 aromatic heterocycles. The molecule has 21 heavy (non-hydrogen) atoms. The van der Waals surface area contributed by atoms with Crippen molar-refractivity contribution in [3.8, 4) is 0 Å². The average Bonchev–Trinajstić information content (AvgIpc) is 2.45. The van der Waals surface area contributed by atoms with Crippen LogP contribution >= 0.6 is 11.8 Å². The molecule has 0 aliphatic carbocycles. The zero-order valence-corrected chi connectivity index (χ0v) is 12.7. The quantitative estimate of drug-likeness (QED) is 0.720. The van der Waals surface area contributed by atoms with Gasteiger partial charge in [-0.1, -0.05) is 25.1 Å². The third-order valence-electron chi connectivity index (χ3n) is 2.77. The van der Waals surface area contributed by atoms with Gasteiger partial charge in [0.15, 0.2) is 0 Å². The van der Waals surface area contributed by atoms with Gasteiger partial charge in [-0.2, -0.15) is 8.78 Å². The molecular formula is C14H20F2N2O2S. The number of anilines is 1. The van der Waals surface area contributed by atoms with Gasteiger partial charge >= 0.3 is 6.03 Å². The first kappa shape index (κ1) is 17.7. The van der Waals surface area contributed by atoms with Crippen molar-refractivity contribution < 1.29 is 18.7 Å². The van der Waals surface area contributed by atoms with Crippen molar-refractivity contribution in [1.82, 2.24) is 4.90 Å². The lowest BCUT2D eigenvalue weighted by Crippen LogP contribution is -2.37. The summed E-state index contributed by atoms with van der Waals surface area (Å²) in [5.74, 6) is -2.46. The highest BCUT2D eigenvalue weighted by molar-refractivity contribution is 7.99. The molecule has 0 fully saturated rings. The number of alkyl halides is 2. The monoisotopic (exact) mass is 318 g/mol. The third kappa shape index (κ3) is 6.77. The summed E-state index contributed by atoms with van der Waals surface area (Å²) in [7, 11) is 0. The molecule has 4 nitrogen and oxygen atoms in total. The number of nitrogens with zero attached hydrogens (tertiary/aromatic N) is 1. The molecule has 0 saturated carbocycles. The Bertz CT molecular complexity index is 429. The summed E-state index contributed by atoms with van der Waals surface area (Å²) in [6, 6.07) is 5.94. The normalized spacial score (nSPS) is 10.7. The van der Waals surface area contributed by atoms with Crippen LogP contribution in [0.15, 0.2) is 29.2 Å². The molecule has 0 atom stereocenters. The van der Waals surface area contributed by atoms with Gasteiger partial charge in [-0.25, -0.2) is 4.79 Å². The summed E-state index contributed by atoms with van der Waals surface area (Å²) in [5, 5.41) is 11.7. The molecule has 118 valence electrons. The topological polar surface area (TPSA) is 52.6 Å². The molecule has 7 heteroatoms. The number of urea groups is 1. The summed E-state index contributed by atoms with van der Waals surface area (Å²) in [4.78, 5) is 14.0. The van der Waals surface area contributed by atoms with Crippen LogP contribution in [0.3, 0.4) is 0 Å². The Morgan fingerprint density at radius 3 is 2.52 bits per heavy atom. The van der Waals surface area contributed by atoms with Crippen LogP contribution in [0.1, 0.15) is 19.8 Å². The number of aliphatic hydroxyl groups excluding tert-OH is 1. The van der Waals surface area contributed by atoms with E-state index in [1.165, 1.54) is 17.0 Å². The van der Waals surface area contributed by atoms with Gasteiger partial charge in [0.05, 0.1) is 6.61 Å². The summed E-state index contributed by atoms with van der Waals surface area (Å²) in [5.41, 5.74) is 0.540. The van der Waals surface area contributed by atoms with Gasteiger partial charge in [-0.15, -0.1) is 0 Å². The largest absolute Gasteiger partial charge is 0.395 e. The summed E-state index contributed by atoms with van der Waals surface area (Å²) < 4.78 is 24.4. The van der Waals surface area contributed by atoms with Gasteiger partial charge < -0.3 is 15.3 Å². The van der Waals surface area contributed by atoms with Crippen LogP contribution in [0.4, 0.5) is 19.3 Å². The molecule has 0 saturated heterocycles. The highest BCUT2D eigenvalue weighted by Crippen LogP contribution is 2.26. The zero-order valence-electron chi connectivity index (χ0n) is 11.9. The molecule has 0 aliphatic rings. The maximum Gasteiger partial charge on any atom is 0.321 e. The van der Waals surface area contributed by atoms with Gasteiger partial charge in [-0.3, -0.25) is 0 Å². The van der Waals surface area contributed by atoms with Gasteiger partial charge in [0.1, 0.15) is 0 Å². The predicted octanol–water partition coefficient (Wildman–Crippen LogP) is 3.63. The summed E-state index contributed by atoms with van der Waals surface area (Å²) in [6.45, 7) is 2.77. The van der Waals surface area contributed by atoms with Crippen LogP contribution in [-0.2, 0) is 0 Å². The van der Waals surface area contributed by atoms with E-state index in [1.54, 1.807) is 12.1 Å². The molecule has 2 amide bonds. The Hall–Kier alpha value is -1.34. The molecule has 0 unspecified atom stereocenters. The van der Waals surface area contributed by atoms with Crippen molar-refractivity contribution in [3.05, 3.63) is 24.3 Å². The van der Waals surface area contributed by atoms with Crippen molar-refractivity contribution in [2.45, 2.75) is 30.4 Å². The first-order valence-corrected chi connectivity index (χ1v) is 7.66. The Kier molecular flexibility index (Phi) is 8.07. The minimum atomic E-state index is -2.46. The van der Waals surface area contributed by atoms with Crippen LogP contribution in [0.2, 0.25) is 0 Å². The number of benzene rings is 1. The summed E-state index contributed by atoms with van der Waals surface area (Å²) >= 11 is 0.462. The molecule has 0 spiro atoms. The maximum absolute atomic E-state index is 12.2. The van der Waals surface area contributed by atoms with Gasteiger partial charge in [0, 0.05) is 23.7 Å². The number of aliphatic hydroxyl groups is 1. The van der Waals surface area contributed by atoms with Crippen LogP contribution in [0, 0.1) is 0 Å². The summed E-state index contributed by atoms with van der Waals surface area (Å²) in [6.07, 6.45) is 1.81. The van der Waals surface area contributed by atoms with E-state index in [0.29, 0.717) is 28.9 Å². The van der Waals surface area contributed by atoms with Gasteiger partial charge in [0.25, 0.3) is 5.76 Å². The number of hydrogen-bond acceptors (Lipinski definition) is 3. The van der Waals surface area contributed by atoms with Gasteiger partial charge in [0.2, 0.25) is 0 Å². The fourth-order valence-electron chi connectivity index (χ4n) is 1.71. The van der Waals surface area contributed by atoms with Crippen molar-refractivity contribution in [1.29, 1.82) is 0 Å². The van der Waals surface area contributed by atoms with Crippen LogP contribution < -0.4 is 5.32 Å². The van der Waals surface area contributed by atoms with Crippen molar-refractivity contribution in [3.63, 3.8) is 0 Å². The van der Waals surface area contributed by atoms with Crippen LogP contribution in [-0.4, -0.2) is 41.5 Å². The lowest BCUT2D eigenvalue weighted by atomic mass is 10.3. The number of carbonyl (C=O) groups is 1. The van der Waals surface area contributed by atoms with E-state index < -0.39 is 5.76 Å². The number of thioether (sulfide) groups is 1. The molecular weight excluding hydrogens is 298 g/mol. The van der Waals surface area contributed by atoms with E-state index in [-0.39, 0.29) is 19.2 Å². The second-order valence-electron chi connectivity index (χ2n) is 4.40. The number of carbonyl (C=O) groups excluding carboxylic acids is 1. The number of nitrogens with one attached hydrogen (secondary N) is 1. The van der Waals surface area contributed by atoms with E-state index >= 15 is 0 Å². The standard InChI is InChI=1S/C14H20F2N2O2S/c1-2-3-8-18(9-10-19)14(20)17-11-4-6-12(7-5-11)21-13(15)16/h4-7,13,19H,2-3,8-10H2,1H3,(H,17,20). The molecule has 0 bridgehead atoms. The van der Waals surface area contributed by atoms with Crippen molar-refractivity contribution >= 4 is 23.5 Å². The molecule has 0 radical (unpaired) electrons. The average molecular weight is 318 g/mol. The van der Waals surface area contributed by atoms with E-state index in [1.807, 2.05) is 6.92 Å². The predicted molar refractivity (Wildman–Crippen MR) is 80.9 cm³/mol. The molecule has 1 rings (SSSR count). The van der Waals surface area contributed by atoms with E-state index in [9.17, 15) is 13.6 Å². The smallest absolute Gasteiger partial charge is 0.321 e. The number of amides is 2. The van der Waals surface area contributed by atoms with E-state index in [4.69, 9.17) is 5.11 Å². The Morgan fingerprint density at radius 1 is 1.33 bits per heavy atom. The van der Waals surface area contributed by atoms with Crippen molar-refractivity contribution in [2.75, 3.05) is 25.0 Å². The number of rotatable bonds is 8. The Labute approximate surface area is 127 Å². The number of unbranched alkanes of at least 4 members (excludes halogenated alkanes) is 1. The van der Waals surface area contributed by atoms with Crippen molar-refractivity contribution in [2.24, 2.45) is 0 Å². The molecule has 0 heterocycles. The minimum absolute atomic E-state index is 0.0961. The zero-order chi connectivity index (χ0) is 15.7. The number of halogens is 2. The number of hydrogen-bond donors (Lipinski definition) is 2. The minimum Gasteiger partial charge on any atom is -0.395 e. The molecule has 1 aromatic rings. The molecule has 0 aliphatic heterocycles. The third-order valence-corrected chi connectivity index (χ3v) is 3.49. The molecule has 1 aromatic carbocycles. The van der Waals surface area contributed by atoms with Crippen LogP contribution in [0.5, 0.6) is 0 Å². The lowest BCUT2D eigenvalue weighted by molar-refractivity contribution is 0.187. The van der Waals surface area contributed by atoms with E-state index in [2.05, 4.69) is 5.32 Å². The first-order chi connectivity index (χ1) is 10.1. The second-order valence-corrected chi connectivity index (χ2v) is 5.46. The highest BCUT2D eigenvalue weighted by atomic mass is 32.2. The lowest BCUT2D eigenvalue weighted by Gasteiger charge is -2.22. The van der Waals surface area contributed by atoms with Gasteiger partial charge in [-0.05, 0) is 30.7 Å². The Balaban J connectivity index is 2.59. The maximum atomic E-state index is 12.2. The fourth-order valence-corrected chi connectivity index (χ4v) is 2.21. The highest BCUT2D eigenvalue weighted by Gasteiger charge is 2.12. The first-order valence-electron chi connectivity index (χ1n) is 6.78. The van der Waals surface area contributed by atoms with E-state index in [0.717, 1.165) is 12.8 Å². The van der Waals surface area contributed by atoms with Crippen LogP contribution in [0.25, 0.3) is 0 Å². The molecule has 2 N–H and O–H groups in total.